The molecule has 0 N–H and O–H groups in total. The fraction of sp³-hybridized carbons (Fsp3) is 0.273. The summed E-state index contributed by atoms with van der Waals surface area (Å²) in [7, 11) is 0. The van der Waals surface area contributed by atoms with E-state index in [1.54, 1.807) is 0 Å². The second kappa shape index (κ2) is 2.67. The minimum Gasteiger partial charge on any atom is -0.465 e. The van der Waals surface area contributed by atoms with Crippen molar-refractivity contribution in [1.82, 2.24) is 0 Å². The van der Waals surface area contributed by atoms with Gasteiger partial charge in [0.2, 0.25) is 0 Å². The van der Waals surface area contributed by atoms with Gasteiger partial charge in [0.15, 0.2) is 0 Å². The van der Waals surface area contributed by atoms with Crippen LogP contribution in [0.4, 0.5) is 0 Å². The number of fused-ring (bicyclic) bond motifs is 1. The Morgan fingerprint density at radius 1 is 1.25 bits per heavy atom. The Hall–Kier alpha value is -1.24. The Labute approximate surface area is 72.7 Å². The van der Waals surface area contributed by atoms with E-state index in [1.165, 1.54) is 16.7 Å². The van der Waals surface area contributed by atoms with Crippen molar-refractivity contribution in [2.75, 3.05) is 0 Å². The van der Waals surface area contributed by atoms with Crippen LogP contribution in [0.5, 0.6) is 5.75 Å². The van der Waals surface area contributed by atoms with Gasteiger partial charge in [-0.25, -0.2) is 0 Å². The van der Waals surface area contributed by atoms with Gasteiger partial charge in [-0.15, -0.1) is 0 Å². The maximum absolute atomic E-state index is 5.45. The van der Waals surface area contributed by atoms with Crippen molar-refractivity contribution >= 4 is 0 Å². The van der Waals surface area contributed by atoms with Crippen LogP contribution >= 0.6 is 0 Å². The lowest BCUT2D eigenvalue weighted by molar-refractivity contribution is 0.456. The van der Waals surface area contributed by atoms with Gasteiger partial charge >= 0.3 is 0 Å². The Balaban J connectivity index is 2.43. The van der Waals surface area contributed by atoms with E-state index >= 15 is 0 Å². The first kappa shape index (κ1) is 7.41. The zero-order valence-corrected chi connectivity index (χ0v) is 7.42. The molecule has 0 saturated heterocycles. The van der Waals surface area contributed by atoms with E-state index < -0.39 is 0 Å². The lowest BCUT2D eigenvalue weighted by Crippen LogP contribution is -2.00. The second-order valence-electron chi connectivity index (χ2n) is 3.37. The topological polar surface area (TPSA) is 9.23 Å². The molecule has 0 saturated carbocycles. The summed E-state index contributed by atoms with van der Waals surface area (Å²) in [5.74, 6) is 1.01. The first-order valence-electron chi connectivity index (χ1n) is 4.17. The molecule has 1 aliphatic heterocycles. The number of hydrogen-bond acceptors (Lipinski definition) is 1. The lowest BCUT2D eigenvalue weighted by atomic mass is 10.0. The van der Waals surface area contributed by atoms with Crippen LogP contribution in [-0.2, 0) is 6.42 Å². The molecule has 1 heterocycles. The highest BCUT2D eigenvalue weighted by atomic mass is 16.5. The molecule has 0 atom stereocenters. The second-order valence-corrected chi connectivity index (χ2v) is 3.37. The van der Waals surface area contributed by atoms with Crippen molar-refractivity contribution in [3.8, 4) is 5.75 Å². The average molecular weight is 160 g/mol. The molecule has 0 aromatic heterocycles. The third-order valence-electron chi connectivity index (χ3n) is 2.08. The molecule has 1 aromatic rings. The highest BCUT2D eigenvalue weighted by molar-refractivity contribution is 5.41. The van der Waals surface area contributed by atoms with E-state index in [2.05, 4.69) is 32.0 Å². The number of benzene rings is 1. The molecule has 1 nitrogen and oxygen atoms in total. The van der Waals surface area contributed by atoms with Crippen molar-refractivity contribution in [2.24, 2.45) is 0 Å². The lowest BCUT2D eigenvalue weighted by Gasteiger charge is -2.15. The summed E-state index contributed by atoms with van der Waals surface area (Å²) in [6.45, 7) is 4.16. The van der Waals surface area contributed by atoms with Gasteiger partial charge in [0.25, 0.3) is 0 Å². The van der Waals surface area contributed by atoms with E-state index in [0.29, 0.717) is 0 Å². The molecule has 0 bridgehead atoms. The number of hydrogen-bond donors (Lipinski definition) is 0. The molecule has 0 radical (unpaired) electrons. The fourth-order valence-corrected chi connectivity index (χ4v) is 1.42. The minimum absolute atomic E-state index is 1.01. The molecule has 1 aliphatic rings. The summed E-state index contributed by atoms with van der Waals surface area (Å²) >= 11 is 0. The first-order chi connectivity index (χ1) is 5.75. The van der Waals surface area contributed by atoms with Crippen molar-refractivity contribution in [3.63, 3.8) is 0 Å². The third kappa shape index (κ3) is 1.22. The average Bonchev–Trinajstić information content (AvgIpc) is 2.05. The maximum Gasteiger partial charge on any atom is 0.130 e. The van der Waals surface area contributed by atoms with Crippen LogP contribution in [0.25, 0.3) is 0 Å². The monoisotopic (exact) mass is 160 g/mol. The summed E-state index contributed by atoms with van der Waals surface area (Å²) < 4.78 is 5.45. The summed E-state index contributed by atoms with van der Waals surface area (Å²) in [5, 5.41) is 0. The Morgan fingerprint density at radius 2 is 2.08 bits per heavy atom. The summed E-state index contributed by atoms with van der Waals surface area (Å²) in [6.07, 6.45) is 2.86. The van der Waals surface area contributed by atoms with Crippen LogP contribution < -0.4 is 4.74 Å². The molecule has 12 heavy (non-hydrogen) atoms. The summed E-state index contributed by atoms with van der Waals surface area (Å²) in [5.41, 5.74) is 3.83. The Morgan fingerprint density at radius 3 is 2.92 bits per heavy atom. The summed E-state index contributed by atoms with van der Waals surface area (Å²) in [4.78, 5) is 0. The molecule has 1 heteroatoms. The molecule has 62 valence electrons. The van der Waals surface area contributed by atoms with E-state index in [0.717, 1.165) is 12.2 Å². The standard InChI is InChI=1S/C11H12O/c1-8-3-4-10-5-9(2)7-12-11(10)6-8/h3-4,6-7H,5H2,1-2H3. The van der Waals surface area contributed by atoms with Crippen LogP contribution in [-0.4, -0.2) is 0 Å². The molecule has 2 rings (SSSR count). The predicted octanol–water partition coefficient (Wildman–Crippen LogP) is 2.83. The van der Waals surface area contributed by atoms with Crippen LogP contribution in [0.2, 0.25) is 0 Å². The number of allylic oxidation sites excluding steroid dienone is 1. The molecule has 0 amide bonds. The number of rotatable bonds is 0. The first-order valence-corrected chi connectivity index (χ1v) is 4.17. The van der Waals surface area contributed by atoms with Crippen molar-refractivity contribution < 1.29 is 4.74 Å². The SMILES string of the molecule is CC1=COc2cc(C)ccc2C1. The van der Waals surface area contributed by atoms with Crippen LogP contribution in [0, 0.1) is 6.92 Å². The van der Waals surface area contributed by atoms with Gasteiger partial charge in [-0.3, -0.25) is 0 Å². The molecule has 0 unspecified atom stereocenters. The van der Waals surface area contributed by atoms with Gasteiger partial charge < -0.3 is 4.74 Å². The van der Waals surface area contributed by atoms with Crippen LogP contribution in [0.3, 0.4) is 0 Å². The van der Waals surface area contributed by atoms with Crippen molar-refractivity contribution in [2.45, 2.75) is 20.3 Å². The largest absolute Gasteiger partial charge is 0.465 e. The van der Waals surface area contributed by atoms with Crippen molar-refractivity contribution in [1.29, 1.82) is 0 Å². The van der Waals surface area contributed by atoms with Crippen molar-refractivity contribution in [3.05, 3.63) is 41.2 Å². The molecule has 0 fully saturated rings. The molecule has 0 aliphatic carbocycles. The predicted molar refractivity (Wildman–Crippen MR) is 49.3 cm³/mol. The van der Waals surface area contributed by atoms with Crippen LogP contribution in [0.1, 0.15) is 18.1 Å². The van der Waals surface area contributed by atoms with E-state index in [4.69, 9.17) is 4.74 Å². The van der Waals surface area contributed by atoms with Gasteiger partial charge in [0, 0.05) is 6.42 Å². The van der Waals surface area contributed by atoms with E-state index in [-0.39, 0.29) is 0 Å². The van der Waals surface area contributed by atoms with Gasteiger partial charge in [0.1, 0.15) is 5.75 Å². The Bertz CT molecular complexity index is 337. The minimum atomic E-state index is 1.01. The van der Waals surface area contributed by atoms with Gasteiger partial charge in [-0.2, -0.15) is 0 Å². The van der Waals surface area contributed by atoms with E-state index in [9.17, 15) is 0 Å². The van der Waals surface area contributed by atoms with Gasteiger partial charge in [-0.05, 0) is 36.6 Å². The highest BCUT2D eigenvalue weighted by Crippen LogP contribution is 2.26. The fourth-order valence-electron chi connectivity index (χ4n) is 1.42. The molecular weight excluding hydrogens is 148 g/mol. The zero-order valence-electron chi connectivity index (χ0n) is 7.42. The zero-order chi connectivity index (χ0) is 8.55. The van der Waals surface area contributed by atoms with Crippen LogP contribution in [0.15, 0.2) is 30.0 Å². The van der Waals surface area contributed by atoms with Gasteiger partial charge in [0.05, 0.1) is 6.26 Å². The molecular formula is C11H12O. The number of ether oxygens (including phenoxy) is 1. The Kier molecular flexibility index (Phi) is 1.65. The normalized spacial score (nSPS) is 14.7. The third-order valence-corrected chi connectivity index (χ3v) is 2.08. The van der Waals surface area contributed by atoms with Gasteiger partial charge in [-0.1, -0.05) is 12.1 Å². The summed E-state index contributed by atoms with van der Waals surface area (Å²) in [6, 6.07) is 6.35. The number of aryl methyl sites for hydroxylation is 1. The molecule has 1 aromatic carbocycles. The smallest absolute Gasteiger partial charge is 0.130 e. The highest BCUT2D eigenvalue weighted by Gasteiger charge is 2.08. The quantitative estimate of drug-likeness (QED) is 0.567. The van der Waals surface area contributed by atoms with E-state index in [1.807, 2.05) is 6.26 Å². The molecule has 0 spiro atoms. The maximum atomic E-state index is 5.45.